The second-order valence-corrected chi connectivity index (χ2v) is 5.95. The van der Waals surface area contributed by atoms with Crippen molar-refractivity contribution in [3.63, 3.8) is 0 Å². The first kappa shape index (κ1) is 17.4. The summed E-state index contributed by atoms with van der Waals surface area (Å²) in [6.07, 6.45) is 1.52. The number of aromatic nitrogens is 2. The van der Waals surface area contributed by atoms with Crippen molar-refractivity contribution in [2.45, 2.75) is 19.9 Å². The van der Waals surface area contributed by atoms with E-state index >= 15 is 0 Å². The van der Waals surface area contributed by atoms with Crippen LogP contribution in [0.15, 0.2) is 67.0 Å². The van der Waals surface area contributed by atoms with Crippen LogP contribution in [-0.2, 0) is 4.79 Å². The maximum Gasteiger partial charge on any atom is 0.221 e. The molecule has 26 heavy (non-hydrogen) atoms. The molecule has 6 nitrogen and oxygen atoms in total. The predicted molar refractivity (Wildman–Crippen MR) is 105 cm³/mol. The molecule has 1 amide bonds. The molecule has 0 saturated heterocycles. The van der Waals surface area contributed by atoms with Crippen molar-refractivity contribution >= 4 is 28.9 Å². The smallest absolute Gasteiger partial charge is 0.221 e. The molecule has 0 fully saturated rings. The standard InChI is InChI=1S/C20H21N5O/c1-14(16-6-4-3-5-7-16)23-19-12-20(22-13-21-19)25-18-10-8-17(9-11-18)24-15(2)26/h3-14H,1-2H3,(H,24,26)(H2,21,22,23,25). The number of benzene rings is 2. The Bertz CT molecular complexity index is 865. The summed E-state index contributed by atoms with van der Waals surface area (Å²) in [6, 6.07) is 19.6. The molecule has 1 heterocycles. The average molecular weight is 347 g/mol. The second-order valence-electron chi connectivity index (χ2n) is 5.95. The van der Waals surface area contributed by atoms with Crippen LogP contribution in [0.5, 0.6) is 0 Å². The molecule has 0 bridgehead atoms. The Labute approximate surface area is 152 Å². The highest BCUT2D eigenvalue weighted by molar-refractivity contribution is 5.88. The SMILES string of the molecule is CC(=O)Nc1ccc(Nc2cc(NC(C)c3ccccc3)ncn2)cc1. The van der Waals surface area contributed by atoms with Crippen molar-refractivity contribution in [3.05, 3.63) is 72.6 Å². The summed E-state index contributed by atoms with van der Waals surface area (Å²) in [5.41, 5.74) is 2.82. The van der Waals surface area contributed by atoms with E-state index in [4.69, 9.17) is 0 Å². The minimum atomic E-state index is -0.0928. The van der Waals surface area contributed by atoms with E-state index in [0.717, 1.165) is 17.2 Å². The van der Waals surface area contributed by atoms with Gasteiger partial charge >= 0.3 is 0 Å². The quantitative estimate of drug-likeness (QED) is 0.618. The fourth-order valence-corrected chi connectivity index (χ4v) is 2.54. The summed E-state index contributed by atoms with van der Waals surface area (Å²) in [5.74, 6) is 1.34. The lowest BCUT2D eigenvalue weighted by Crippen LogP contribution is -2.08. The van der Waals surface area contributed by atoms with Gasteiger partial charge in [0.05, 0.1) is 0 Å². The maximum absolute atomic E-state index is 11.1. The van der Waals surface area contributed by atoms with E-state index in [1.54, 1.807) is 0 Å². The summed E-state index contributed by atoms with van der Waals surface area (Å²) in [6.45, 7) is 3.57. The van der Waals surface area contributed by atoms with Crippen molar-refractivity contribution in [3.8, 4) is 0 Å². The van der Waals surface area contributed by atoms with Gasteiger partial charge < -0.3 is 16.0 Å². The Morgan fingerprint density at radius 2 is 1.58 bits per heavy atom. The number of carbonyl (C=O) groups is 1. The predicted octanol–water partition coefficient (Wildman–Crippen LogP) is 4.35. The van der Waals surface area contributed by atoms with Crippen LogP contribution in [0, 0.1) is 0 Å². The molecular formula is C20H21N5O. The lowest BCUT2D eigenvalue weighted by atomic mass is 10.1. The van der Waals surface area contributed by atoms with Crippen LogP contribution < -0.4 is 16.0 Å². The molecule has 1 atom stereocenters. The zero-order valence-corrected chi connectivity index (χ0v) is 14.7. The first-order chi connectivity index (χ1) is 12.6. The van der Waals surface area contributed by atoms with Crippen molar-refractivity contribution in [1.82, 2.24) is 9.97 Å². The lowest BCUT2D eigenvalue weighted by molar-refractivity contribution is -0.114. The summed E-state index contributed by atoms with van der Waals surface area (Å²) in [5, 5.41) is 9.35. The van der Waals surface area contributed by atoms with E-state index in [-0.39, 0.29) is 11.9 Å². The van der Waals surface area contributed by atoms with E-state index in [1.807, 2.05) is 48.5 Å². The topological polar surface area (TPSA) is 78.9 Å². The minimum absolute atomic E-state index is 0.0928. The zero-order valence-electron chi connectivity index (χ0n) is 14.7. The van der Waals surface area contributed by atoms with Gasteiger partial charge in [0.15, 0.2) is 0 Å². The molecule has 1 unspecified atom stereocenters. The van der Waals surface area contributed by atoms with E-state index in [1.165, 1.54) is 18.8 Å². The largest absolute Gasteiger partial charge is 0.363 e. The minimum Gasteiger partial charge on any atom is -0.363 e. The van der Waals surface area contributed by atoms with Crippen LogP contribution >= 0.6 is 0 Å². The van der Waals surface area contributed by atoms with Crippen LogP contribution in [0.4, 0.5) is 23.0 Å². The van der Waals surface area contributed by atoms with Gasteiger partial charge in [-0.15, -0.1) is 0 Å². The number of anilines is 4. The summed E-state index contributed by atoms with van der Waals surface area (Å²) in [7, 11) is 0. The fourth-order valence-electron chi connectivity index (χ4n) is 2.54. The monoisotopic (exact) mass is 347 g/mol. The van der Waals surface area contributed by atoms with E-state index in [2.05, 4.69) is 45.0 Å². The van der Waals surface area contributed by atoms with Crippen LogP contribution in [0.2, 0.25) is 0 Å². The van der Waals surface area contributed by atoms with Crippen molar-refractivity contribution in [1.29, 1.82) is 0 Å². The van der Waals surface area contributed by atoms with Gasteiger partial charge in [-0.1, -0.05) is 30.3 Å². The third kappa shape index (κ3) is 4.80. The first-order valence-corrected chi connectivity index (χ1v) is 8.38. The Hall–Kier alpha value is -3.41. The second kappa shape index (κ2) is 8.11. The summed E-state index contributed by atoms with van der Waals surface area (Å²) in [4.78, 5) is 19.6. The maximum atomic E-state index is 11.1. The molecule has 0 saturated carbocycles. The highest BCUT2D eigenvalue weighted by Crippen LogP contribution is 2.21. The van der Waals surface area contributed by atoms with Crippen molar-refractivity contribution < 1.29 is 4.79 Å². The Morgan fingerprint density at radius 1 is 0.923 bits per heavy atom. The molecule has 3 rings (SSSR count). The van der Waals surface area contributed by atoms with Gasteiger partial charge in [-0.3, -0.25) is 4.79 Å². The number of hydrogen-bond donors (Lipinski definition) is 3. The summed E-state index contributed by atoms with van der Waals surface area (Å²) >= 11 is 0. The highest BCUT2D eigenvalue weighted by Gasteiger charge is 2.06. The van der Waals surface area contributed by atoms with Crippen molar-refractivity contribution in [2.75, 3.05) is 16.0 Å². The van der Waals surface area contributed by atoms with Gasteiger partial charge in [-0.25, -0.2) is 9.97 Å². The zero-order chi connectivity index (χ0) is 18.4. The van der Waals surface area contributed by atoms with Gasteiger partial charge in [0.2, 0.25) is 5.91 Å². The number of amides is 1. The molecule has 0 aliphatic rings. The van der Waals surface area contributed by atoms with Gasteiger partial charge in [0, 0.05) is 30.4 Å². The molecule has 0 aliphatic heterocycles. The van der Waals surface area contributed by atoms with Gasteiger partial charge in [-0.2, -0.15) is 0 Å². The Kier molecular flexibility index (Phi) is 5.43. The molecule has 6 heteroatoms. The number of nitrogens with one attached hydrogen (secondary N) is 3. The molecule has 0 radical (unpaired) electrons. The average Bonchev–Trinajstić information content (AvgIpc) is 2.64. The van der Waals surface area contributed by atoms with Crippen LogP contribution in [-0.4, -0.2) is 15.9 Å². The van der Waals surface area contributed by atoms with Gasteiger partial charge in [0.1, 0.15) is 18.0 Å². The Morgan fingerprint density at radius 3 is 2.27 bits per heavy atom. The van der Waals surface area contributed by atoms with E-state index in [9.17, 15) is 4.79 Å². The molecule has 1 aromatic heterocycles. The molecule has 3 aromatic rings. The lowest BCUT2D eigenvalue weighted by Gasteiger charge is -2.15. The highest BCUT2D eigenvalue weighted by atomic mass is 16.1. The van der Waals surface area contributed by atoms with E-state index in [0.29, 0.717) is 5.82 Å². The number of nitrogens with zero attached hydrogens (tertiary/aromatic N) is 2. The molecule has 2 aromatic carbocycles. The molecule has 0 aliphatic carbocycles. The van der Waals surface area contributed by atoms with Crippen molar-refractivity contribution in [2.24, 2.45) is 0 Å². The number of rotatable bonds is 6. The molecule has 3 N–H and O–H groups in total. The molecule has 0 spiro atoms. The van der Waals surface area contributed by atoms with Crippen LogP contribution in [0.25, 0.3) is 0 Å². The third-order valence-corrected chi connectivity index (χ3v) is 3.81. The van der Waals surface area contributed by atoms with Gasteiger partial charge in [0.25, 0.3) is 0 Å². The van der Waals surface area contributed by atoms with E-state index < -0.39 is 0 Å². The molecular weight excluding hydrogens is 326 g/mol. The van der Waals surface area contributed by atoms with Gasteiger partial charge in [-0.05, 0) is 36.8 Å². The first-order valence-electron chi connectivity index (χ1n) is 8.38. The number of carbonyl (C=O) groups excluding carboxylic acids is 1. The number of hydrogen-bond acceptors (Lipinski definition) is 5. The van der Waals surface area contributed by atoms with Crippen LogP contribution in [0.3, 0.4) is 0 Å². The fraction of sp³-hybridized carbons (Fsp3) is 0.150. The molecule has 132 valence electrons. The third-order valence-electron chi connectivity index (χ3n) is 3.81. The summed E-state index contributed by atoms with van der Waals surface area (Å²) < 4.78 is 0. The van der Waals surface area contributed by atoms with Crippen LogP contribution in [0.1, 0.15) is 25.5 Å². The normalized spacial score (nSPS) is 11.5. The Balaban J connectivity index is 1.66.